The molecule has 1 aromatic carbocycles. The van der Waals surface area contributed by atoms with E-state index in [1.807, 2.05) is 19.9 Å². The Morgan fingerprint density at radius 2 is 1.76 bits per heavy atom. The van der Waals surface area contributed by atoms with Gasteiger partial charge in [-0.1, -0.05) is 0 Å². The van der Waals surface area contributed by atoms with E-state index in [0.29, 0.717) is 23.2 Å². The third kappa shape index (κ3) is 4.20. The summed E-state index contributed by atoms with van der Waals surface area (Å²) in [5, 5.41) is 4.99. The number of sulfonamides is 1. The summed E-state index contributed by atoms with van der Waals surface area (Å²) in [7, 11) is -2.68. The first-order chi connectivity index (χ1) is 16.0. The molecule has 0 atom stereocenters. The largest absolute Gasteiger partial charge is 0.466 e. The molecule has 3 aromatic rings. The van der Waals surface area contributed by atoms with Gasteiger partial charge in [-0.3, -0.25) is 4.79 Å². The lowest BCUT2D eigenvalue weighted by Crippen LogP contribution is -2.51. The lowest BCUT2D eigenvalue weighted by atomic mass is 10.2. The molecule has 1 fully saturated rings. The van der Waals surface area contributed by atoms with Crippen molar-refractivity contribution in [2.45, 2.75) is 18.7 Å². The lowest BCUT2D eigenvalue weighted by Gasteiger charge is -2.33. The van der Waals surface area contributed by atoms with Gasteiger partial charge in [0, 0.05) is 38.9 Å². The van der Waals surface area contributed by atoms with E-state index in [1.165, 1.54) is 4.90 Å². The fraction of sp³-hybridized carbons (Fsp3) is 0.381. The molecule has 4 rings (SSSR count). The summed E-state index contributed by atoms with van der Waals surface area (Å²) in [5.41, 5.74) is 2.36. The van der Waals surface area contributed by atoms with Gasteiger partial charge in [-0.2, -0.15) is 4.31 Å². The zero-order valence-electron chi connectivity index (χ0n) is 18.7. The number of hydrogen-bond acceptors (Lipinski definition) is 6. The van der Waals surface area contributed by atoms with E-state index < -0.39 is 32.4 Å². The Morgan fingerprint density at radius 1 is 1.09 bits per heavy atom. The van der Waals surface area contributed by atoms with Crippen molar-refractivity contribution in [2.75, 3.05) is 32.8 Å². The molecule has 0 spiro atoms. The number of aryl methyl sites for hydroxylation is 3. The Bertz CT molecular complexity index is 1390. The van der Waals surface area contributed by atoms with Crippen LogP contribution in [0.15, 0.2) is 23.1 Å². The monoisotopic (exact) mass is 497 g/mol. The zero-order chi connectivity index (χ0) is 24.8. The Balaban J connectivity index is 1.41. The van der Waals surface area contributed by atoms with Crippen LogP contribution in [0.1, 0.15) is 11.3 Å². The van der Waals surface area contributed by atoms with Gasteiger partial charge in [-0.15, -0.1) is 5.10 Å². The molecular formula is C21H22F3N5O4S. The Labute approximate surface area is 193 Å². The Morgan fingerprint density at radius 3 is 2.44 bits per heavy atom. The van der Waals surface area contributed by atoms with Gasteiger partial charge in [0.2, 0.25) is 15.9 Å². The van der Waals surface area contributed by atoms with Crippen molar-refractivity contribution in [3.05, 3.63) is 46.9 Å². The van der Waals surface area contributed by atoms with Crippen LogP contribution in [0.5, 0.6) is 5.88 Å². The molecule has 1 saturated heterocycles. The van der Waals surface area contributed by atoms with Crippen LogP contribution in [-0.4, -0.2) is 71.1 Å². The number of rotatable bonds is 5. The van der Waals surface area contributed by atoms with Crippen molar-refractivity contribution in [1.29, 1.82) is 0 Å². The number of hydrogen-bond donors (Lipinski definition) is 0. The first kappa shape index (κ1) is 24.0. The highest BCUT2D eigenvalue weighted by atomic mass is 32.2. The second-order valence-corrected chi connectivity index (χ2v) is 9.86. The van der Waals surface area contributed by atoms with E-state index in [4.69, 9.17) is 4.74 Å². The highest BCUT2D eigenvalue weighted by Crippen LogP contribution is 2.27. The molecule has 3 heterocycles. The van der Waals surface area contributed by atoms with Crippen LogP contribution in [0, 0.1) is 31.3 Å². The average molecular weight is 497 g/mol. The van der Waals surface area contributed by atoms with E-state index in [0.717, 1.165) is 15.6 Å². The number of nitrogens with zero attached hydrogens (tertiary/aromatic N) is 5. The van der Waals surface area contributed by atoms with Crippen molar-refractivity contribution in [1.82, 2.24) is 24.0 Å². The predicted molar refractivity (Wildman–Crippen MR) is 115 cm³/mol. The molecule has 0 radical (unpaired) electrons. The number of fused-ring (bicyclic) bond motifs is 1. The van der Waals surface area contributed by atoms with E-state index in [-0.39, 0.29) is 44.6 Å². The molecule has 2 aromatic heterocycles. The second kappa shape index (κ2) is 8.87. The molecule has 13 heteroatoms. The highest BCUT2D eigenvalue weighted by Gasteiger charge is 2.33. The zero-order valence-corrected chi connectivity index (χ0v) is 19.5. The number of aromatic nitrogens is 3. The standard InChI is InChI=1S/C21H22F3N5O4S/c1-12-10-13(2)25-20-17(12)21(26-27(20)3)33-11-16(30)28-6-8-29(9-7-28)34(31,32)15-5-4-14(22)18(23)19(15)24/h4-5,10H,6-9,11H2,1-3H3. The number of pyridine rings is 1. The predicted octanol–water partition coefficient (Wildman–Crippen LogP) is 1.91. The van der Waals surface area contributed by atoms with Gasteiger partial charge in [-0.05, 0) is 37.6 Å². The van der Waals surface area contributed by atoms with Gasteiger partial charge in [0.05, 0.1) is 5.39 Å². The fourth-order valence-corrected chi connectivity index (χ4v) is 5.37. The number of piperazine rings is 1. The lowest BCUT2D eigenvalue weighted by molar-refractivity contribution is -0.134. The van der Waals surface area contributed by atoms with Crippen LogP contribution in [-0.2, 0) is 21.9 Å². The molecule has 34 heavy (non-hydrogen) atoms. The topological polar surface area (TPSA) is 97.6 Å². The van der Waals surface area contributed by atoms with Crippen LogP contribution >= 0.6 is 0 Å². The van der Waals surface area contributed by atoms with Gasteiger partial charge in [0.15, 0.2) is 29.7 Å². The number of carbonyl (C=O) groups is 1. The van der Waals surface area contributed by atoms with Gasteiger partial charge in [0.25, 0.3) is 5.91 Å². The molecule has 0 aliphatic carbocycles. The molecule has 9 nitrogen and oxygen atoms in total. The summed E-state index contributed by atoms with van der Waals surface area (Å²) in [6.07, 6.45) is 0. The van der Waals surface area contributed by atoms with E-state index in [9.17, 15) is 26.4 Å². The van der Waals surface area contributed by atoms with E-state index in [1.54, 1.807) is 11.7 Å². The number of ether oxygens (including phenoxy) is 1. The maximum absolute atomic E-state index is 14.0. The van der Waals surface area contributed by atoms with Crippen LogP contribution < -0.4 is 4.74 Å². The van der Waals surface area contributed by atoms with Crippen molar-refractivity contribution >= 4 is 27.0 Å². The van der Waals surface area contributed by atoms with Gasteiger partial charge in [-0.25, -0.2) is 31.3 Å². The summed E-state index contributed by atoms with van der Waals surface area (Å²) >= 11 is 0. The maximum Gasteiger partial charge on any atom is 0.260 e. The quantitative estimate of drug-likeness (QED) is 0.500. The third-order valence-electron chi connectivity index (χ3n) is 5.63. The van der Waals surface area contributed by atoms with Gasteiger partial charge in [0.1, 0.15) is 4.90 Å². The Kier molecular flexibility index (Phi) is 6.25. The minimum absolute atomic E-state index is 0.0233. The van der Waals surface area contributed by atoms with Crippen molar-refractivity contribution in [2.24, 2.45) is 7.05 Å². The summed E-state index contributed by atoms with van der Waals surface area (Å²) in [4.78, 5) is 17.5. The van der Waals surface area contributed by atoms with Crippen LogP contribution in [0.4, 0.5) is 13.2 Å². The molecule has 182 valence electrons. The molecule has 0 saturated carbocycles. The smallest absolute Gasteiger partial charge is 0.260 e. The summed E-state index contributed by atoms with van der Waals surface area (Å²) in [6.45, 7) is 3.21. The number of halogens is 3. The van der Waals surface area contributed by atoms with Crippen LogP contribution in [0.2, 0.25) is 0 Å². The molecule has 0 bridgehead atoms. The normalized spacial score (nSPS) is 15.2. The van der Waals surface area contributed by atoms with Gasteiger partial charge < -0.3 is 9.64 Å². The average Bonchev–Trinajstić information content (AvgIpc) is 3.11. The highest BCUT2D eigenvalue weighted by molar-refractivity contribution is 7.89. The van der Waals surface area contributed by atoms with Crippen molar-refractivity contribution in [3.8, 4) is 5.88 Å². The van der Waals surface area contributed by atoms with Crippen LogP contribution in [0.25, 0.3) is 11.0 Å². The first-order valence-electron chi connectivity index (χ1n) is 10.4. The van der Waals surface area contributed by atoms with Crippen LogP contribution in [0.3, 0.4) is 0 Å². The van der Waals surface area contributed by atoms with Crippen molar-refractivity contribution in [3.63, 3.8) is 0 Å². The minimum atomic E-state index is -4.40. The second-order valence-electron chi connectivity index (χ2n) is 7.95. The summed E-state index contributed by atoms with van der Waals surface area (Å²) in [6, 6.07) is 3.13. The van der Waals surface area contributed by atoms with E-state index in [2.05, 4.69) is 10.1 Å². The van der Waals surface area contributed by atoms with Crippen molar-refractivity contribution < 1.29 is 31.1 Å². The molecule has 1 aliphatic heterocycles. The first-order valence-corrected chi connectivity index (χ1v) is 11.8. The molecule has 1 amide bonds. The number of benzene rings is 1. The Hall–Kier alpha value is -3.19. The molecule has 0 unspecified atom stereocenters. The summed E-state index contributed by atoms with van der Waals surface area (Å²) < 4.78 is 74.2. The maximum atomic E-state index is 14.0. The molecule has 1 aliphatic rings. The van der Waals surface area contributed by atoms with E-state index >= 15 is 0 Å². The molecular weight excluding hydrogens is 475 g/mol. The van der Waals surface area contributed by atoms with Gasteiger partial charge >= 0.3 is 0 Å². The fourth-order valence-electron chi connectivity index (χ4n) is 3.90. The third-order valence-corrected chi connectivity index (χ3v) is 7.54. The SMILES string of the molecule is Cc1cc(C)c2c(OCC(=O)N3CCN(S(=O)(=O)c4ccc(F)c(F)c4F)CC3)nn(C)c2n1. The minimum Gasteiger partial charge on any atom is -0.466 e. The number of amides is 1. The summed E-state index contributed by atoms with van der Waals surface area (Å²) in [5.74, 6) is -5.21. The molecule has 0 N–H and O–H groups in total. The number of carbonyl (C=O) groups excluding carboxylic acids is 1.